The molecule has 0 radical (unpaired) electrons. The number of nitrogens with zero attached hydrogens (tertiary/aromatic N) is 3. The van der Waals surface area contributed by atoms with Crippen LogP contribution < -0.4 is 5.32 Å². The van der Waals surface area contributed by atoms with E-state index in [0.717, 1.165) is 31.9 Å². The van der Waals surface area contributed by atoms with Gasteiger partial charge in [0.05, 0.1) is 18.4 Å². The minimum atomic E-state index is -0.756. The van der Waals surface area contributed by atoms with Gasteiger partial charge in [0, 0.05) is 25.2 Å². The van der Waals surface area contributed by atoms with Gasteiger partial charge in [0.15, 0.2) is 0 Å². The Morgan fingerprint density at radius 1 is 1.50 bits per heavy atom. The lowest BCUT2D eigenvalue weighted by molar-refractivity contribution is -0.137. The molecule has 0 aliphatic heterocycles. The Morgan fingerprint density at radius 2 is 2.20 bits per heavy atom. The zero-order chi connectivity index (χ0) is 15.0. The molecular formula is C14H26N4O2. The first-order valence-electron chi connectivity index (χ1n) is 7.28. The van der Waals surface area contributed by atoms with E-state index in [-0.39, 0.29) is 12.5 Å². The molecule has 0 aromatic carbocycles. The maximum atomic E-state index is 10.5. The van der Waals surface area contributed by atoms with Crippen LogP contribution in [0.2, 0.25) is 0 Å². The lowest BCUT2D eigenvalue weighted by Gasteiger charge is -2.17. The predicted molar refractivity (Wildman–Crippen MR) is 80.0 cm³/mol. The van der Waals surface area contributed by atoms with E-state index in [1.54, 1.807) is 6.20 Å². The molecule has 0 amide bonds. The Balaban J connectivity index is 2.37. The van der Waals surface area contributed by atoms with Crippen LogP contribution in [0.15, 0.2) is 12.4 Å². The minimum absolute atomic E-state index is 0.131. The molecule has 0 spiro atoms. The summed E-state index contributed by atoms with van der Waals surface area (Å²) in [5.74, 6) is -0.756. The Kier molecular flexibility index (Phi) is 7.08. The molecule has 6 heteroatoms. The zero-order valence-corrected chi connectivity index (χ0v) is 12.7. The van der Waals surface area contributed by atoms with E-state index in [1.807, 2.05) is 17.8 Å². The van der Waals surface area contributed by atoms with Crippen LogP contribution in [0.1, 0.15) is 33.6 Å². The fraction of sp³-hybridized carbons (Fsp3) is 0.714. The van der Waals surface area contributed by atoms with E-state index in [4.69, 9.17) is 5.11 Å². The first-order valence-corrected chi connectivity index (χ1v) is 7.28. The second-order valence-electron chi connectivity index (χ2n) is 5.00. The van der Waals surface area contributed by atoms with Gasteiger partial charge in [-0.3, -0.25) is 9.48 Å². The van der Waals surface area contributed by atoms with E-state index in [0.29, 0.717) is 6.42 Å². The van der Waals surface area contributed by atoms with Crippen molar-refractivity contribution < 1.29 is 9.90 Å². The quantitative estimate of drug-likeness (QED) is 0.686. The lowest BCUT2D eigenvalue weighted by atomic mass is 10.2. The minimum Gasteiger partial charge on any atom is -0.481 e. The molecule has 1 unspecified atom stereocenters. The Morgan fingerprint density at radius 3 is 2.80 bits per heavy atom. The maximum Gasteiger partial charge on any atom is 0.303 e. The summed E-state index contributed by atoms with van der Waals surface area (Å²) in [5, 5.41) is 16.2. The van der Waals surface area contributed by atoms with Gasteiger partial charge in [0.2, 0.25) is 0 Å². The number of aromatic nitrogens is 2. The van der Waals surface area contributed by atoms with Gasteiger partial charge >= 0.3 is 5.97 Å². The van der Waals surface area contributed by atoms with Crippen molar-refractivity contribution in [1.29, 1.82) is 0 Å². The van der Waals surface area contributed by atoms with Crippen LogP contribution in [0.25, 0.3) is 0 Å². The summed E-state index contributed by atoms with van der Waals surface area (Å²) < 4.78 is 1.92. The lowest BCUT2D eigenvalue weighted by Crippen LogP contribution is -2.27. The summed E-state index contributed by atoms with van der Waals surface area (Å²) in [6.07, 6.45) is 4.56. The molecule has 0 aliphatic carbocycles. The molecule has 0 bridgehead atoms. The molecule has 20 heavy (non-hydrogen) atoms. The normalized spacial score (nSPS) is 12.6. The number of hydrogen-bond acceptors (Lipinski definition) is 4. The highest BCUT2D eigenvalue weighted by Gasteiger charge is 2.07. The predicted octanol–water partition coefficient (Wildman–Crippen LogP) is 1.89. The van der Waals surface area contributed by atoms with Crippen molar-refractivity contribution in [1.82, 2.24) is 14.7 Å². The number of likely N-dealkylation sites (N-methyl/N-ethyl adjacent to an activating group) is 1. The third kappa shape index (κ3) is 6.06. The van der Waals surface area contributed by atoms with Gasteiger partial charge < -0.3 is 15.3 Å². The highest BCUT2D eigenvalue weighted by Crippen LogP contribution is 2.09. The third-order valence-corrected chi connectivity index (χ3v) is 3.38. The van der Waals surface area contributed by atoms with Crippen molar-refractivity contribution in [2.45, 2.75) is 46.2 Å². The van der Waals surface area contributed by atoms with Gasteiger partial charge in [-0.1, -0.05) is 13.8 Å². The SMILES string of the molecule is CCN(CC)CCn1cc(NC(C)CCC(=O)O)cn1. The van der Waals surface area contributed by atoms with Crippen LogP contribution in [-0.2, 0) is 11.3 Å². The van der Waals surface area contributed by atoms with Crippen LogP contribution in [-0.4, -0.2) is 51.4 Å². The molecule has 1 heterocycles. The van der Waals surface area contributed by atoms with Crippen molar-refractivity contribution in [3.05, 3.63) is 12.4 Å². The largest absolute Gasteiger partial charge is 0.481 e. The smallest absolute Gasteiger partial charge is 0.303 e. The van der Waals surface area contributed by atoms with E-state index < -0.39 is 5.97 Å². The molecule has 1 rings (SSSR count). The van der Waals surface area contributed by atoms with Gasteiger partial charge in [-0.25, -0.2) is 0 Å². The van der Waals surface area contributed by atoms with Gasteiger partial charge in [0.25, 0.3) is 0 Å². The number of hydrogen-bond donors (Lipinski definition) is 2. The topological polar surface area (TPSA) is 70.4 Å². The standard InChI is InChI=1S/C14H26N4O2/c1-4-17(5-2)8-9-18-11-13(10-15-18)16-12(3)6-7-14(19)20/h10-12,16H,4-9H2,1-3H3,(H,19,20). The van der Waals surface area contributed by atoms with Crippen molar-refractivity contribution in [2.24, 2.45) is 0 Å². The van der Waals surface area contributed by atoms with Gasteiger partial charge in [-0.2, -0.15) is 5.10 Å². The summed E-state index contributed by atoms with van der Waals surface area (Å²) >= 11 is 0. The first kappa shape index (κ1) is 16.5. The van der Waals surface area contributed by atoms with Crippen molar-refractivity contribution in [3.8, 4) is 0 Å². The monoisotopic (exact) mass is 282 g/mol. The number of carboxylic acids is 1. The summed E-state index contributed by atoms with van der Waals surface area (Å²) in [4.78, 5) is 12.9. The zero-order valence-electron chi connectivity index (χ0n) is 12.7. The Bertz CT molecular complexity index is 402. The van der Waals surface area contributed by atoms with E-state index in [2.05, 4.69) is 29.2 Å². The molecule has 6 nitrogen and oxygen atoms in total. The van der Waals surface area contributed by atoms with Crippen LogP contribution in [0.5, 0.6) is 0 Å². The number of carbonyl (C=O) groups is 1. The summed E-state index contributed by atoms with van der Waals surface area (Å²) in [7, 11) is 0. The summed E-state index contributed by atoms with van der Waals surface area (Å²) in [5.41, 5.74) is 0.947. The Hall–Kier alpha value is -1.56. The molecule has 1 aromatic rings. The first-order chi connectivity index (χ1) is 9.55. The maximum absolute atomic E-state index is 10.5. The molecule has 114 valence electrons. The molecule has 0 saturated heterocycles. The molecular weight excluding hydrogens is 256 g/mol. The van der Waals surface area contributed by atoms with Crippen LogP contribution >= 0.6 is 0 Å². The average Bonchev–Trinajstić information content (AvgIpc) is 2.85. The van der Waals surface area contributed by atoms with Crippen molar-refractivity contribution in [2.75, 3.05) is 25.0 Å². The van der Waals surface area contributed by atoms with Gasteiger partial charge in [0.1, 0.15) is 0 Å². The van der Waals surface area contributed by atoms with Crippen molar-refractivity contribution in [3.63, 3.8) is 0 Å². The van der Waals surface area contributed by atoms with Crippen LogP contribution in [0.3, 0.4) is 0 Å². The number of rotatable bonds is 10. The molecule has 0 aliphatic rings. The highest BCUT2D eigenvalue weighted by molar-refractivity contribution is 5.66. The van der Waals surface area contributed by atoms with Crippen LogP contribution in [0.4, 0.5) is 5.69 Å². The second-order valence-corrected chi connectivity index (χ2v) is 5.00. The molecule has 2 N–H and O–H groups in total. The van der Waals surface area contributed by atoms with Gasteiger partial charge in [-0.05, 0) is 26.4 Å². The van der Waals surface area contributed by atoms with E-state index in [1.165, 1.54) is 0 Å². The van der Waals surface area contributed by atoms with E-state index >= 15 is 0 Å². The Labute approximate surface area is 120 Å². The number of carboxylic acid groups (broad SMARTS) is 1. The van der Waals surface area contributed by atoms with E-state index in [9.17, 15) is 4.79 Å². The molecule has 0 fully saturated rings. The molecule has 0 saturated carbocycles. The number of anilines is 1. The summed E-state index contributed by atoms with van der Waals surface area (Å²) in [6.45, 7) is 10.3. The van der Waals surface area contributed by atoms with Gasteiger partial charge in [-0.15, -0.1) is 0 Å². The average molecular weight is 282 g/mol. The second kappa shape index (κ2) is 8.58. The van der Waals surface area contributed by atoms with Crippen molar-refractivity contribution >= 4 is 11.7 Å². The number of nitrogens with one attached hydrogen (secondary N) is 1. The molecule has 1 aromatic heterocycles. The van der Waals surface area contributed by atoms with Crippen LogP contribution in [0, 0.1) is 0 Å². The fourth-order valence-corrected chi connectivity index (χ4v) is 2.04. The fourth-order valence-electron chi connectivity index (χ4n) is 2.04. The highest BCUT2D eigenvalue weighted by atomic mass is 16.4. The summed E-state index contributed by atoms with van der Waals surface area (Å²) in [6, 6.07) is 0.131. The third-order valence-electron chi connectivity index (χ3n) is 3.38. The number of aliphatic carboxylic acids is 1. The molecule has 1 atom stereocenters.